The topological polar surface area (TPSA) is 52.6 Å². The summed E-state index contributed by atoms with van der Waals surface area (Å²) in [6, 6.07) is 0. The van der Waals surface area contributed by atoms with E-state index in [-0.39, 0.29) is 0 Å². The first-order valence-electron chi connectivity index (χ1n) is 6.62. The van der Waals surface area contributed by atoms with Gasteiger partial charge in [0.25, 0.3) is 0 Å². The summed E-state index contributed by atoms with van der Waals surface area (Å²) in [5.74, 6) is 2.95. The molecule has 1 atom stereocenters. The first kappa shape index (κ1) is 16.0. The Labute approximate surface area is 119 Å². The fourth-order valence-corrected chi connectivity index (χ4v) is 2.05. The lowest BCUT2D eigenvalue weighted by Gasteiger charge is -2.15. The molecule has 108 valence electrons. The lowest BCUT2D eigenvalue weighted by Crippen LogP contribution is -2.32. The van der Waals surface area contributed by atoms with Crippen molar-refractivity contribution in [1.82, 2.24) is 0 Å². The maximum absolute atomic E-state index is 11.7. The molecule has 1 aliphatic carbocycles. The monoisotopic (exact) mass is 276 g/mol. The van der Waals surface area contributed by atoms with E-state index in [9.17, 15) is 9.59 Å². The van der Waals surface area contributed by atoms with E-state index < -0.39 is 23.8 Å². The zero-order valence-corrected chi connectivity index (χ0v) is 12.0. The van der Waals surface area contributed by atoms with E-state index in [2.05, 4.69) is 34.0 Å². The van der Waals surface area contributed by atoms with Gasteiger partial charge in [-0.2, -0.15) is 0 Å². The highest BCUT2D eigenvalue weighted by Crippen LogP contribution is 2.19. The standard InChI is InChI=1S/C16H20O4/c1-4-13(11-10-12-8-6-5-7-9-12)14(15(17)19-2)16(18)20-3/h4,8,13-14H,1,5-7,9H2,2-3H3/t13-/m1/s1. The molecule has 0 bridgehead atoms. The summed E-state index contributed by atoms with van der Waals surface area (Å²) in [5, 5.41) is 0. The van der Waals surface area contributed by atoms with Gasteiger partial charge in [0.05, 0.1) is 20.1 Å². The van der Waals surface area contributed by atoms with Crippen molar-refractivity contribution < 1.29 is 19.1 Å². The number of hydrogen-bond donors (Lipinski definition) is 0. The molecule has 0 heterocycles. The van der Waals surface area contributed by atoms with E-state index in [1.807, 2.05) is 0 Å². The summed E-state index contributed by atoms with van der Waals surface area (Å²) in [5.41, 5.74) is 1.05. The third-order valence-electron chi connectivity index (χ3n) is 3.21. The molecule has 1 rings (SSSR count). The van der Waals surface area contributed by atoms with Crippen molar-refractivity contribution in [2.45, 2.75) is 25.7 Å². The van der Waals surface area contributed by atoms with Crippen LogP contribution in [-0.2, 0) is 19.1 Å². The van der Waals surface area contributed by atoms with E-state index in [1.54, 1.807) is 0 Å². The smallest absolute Gasteiger partial charge is 0.321 e. The van der Waals surface area contributed by atoms with Gasteiger partial charge in [0, 0.05) is 0 Å². The number of esters is 2. The van der Waals surface area contributed by atoms with Crippen LogP contribution in [0.3, 0.4) is 0 Å². The zero-order chi connectivity index (χ0) is 15.0. The van der Waals surface area contributed by atoms with Crippen molar-refractivity contribution in [2.75, 3.05) is 14.2 Å². The fraction of sp³-hybridized carbons (Fsp3) is 0.500. The van der Waals surface area contributed by atoms with Crippen LogP contribution in [0.25, 0.3) is 0 Å². The Morgan fingerprint density at radius 1 is 1.30 bits per heavy atom. The molecule has 0 aliphatic heterocycles. The van der Waals surface area contributed by atoms with Gasteiger partial charge in [-0.1, -0.05) is 24.0 Å². The van der Waals surface area contributed by atoms with Crippen LogP contribution >= 0.6 is 0 Å². The molecule has 1 aliphatic rings. The fourth-order valence-electron chi connectivity index (χ4n) is 2.05. The molecule has 0 radical (unpaired) electrons. The van der Waals surface area contributed by atoms with Crippen molar-refractivity contribution in [3.63, 3.8) is 0 Å². The zero-order valence-electron chi connectivity index (χ0n) is 12.0. The van der Waals surface area contributed by atoms with Crippen LogP contribution in [0.1, 0.15) is 25.7 Å². The van der Waals surface area contributed by atoms with Gasteiger partial charge in [-0.15, -0.1) is 6.58 Å². The normalized spacial score (nSPS) is 15.4. The van der Waals surface area contributed by atoms with Gasteiger partial charge in [-0.05, 0) is 31.3 Å². The summed E-state index contributed by atoms with van der Waals surface area (Å²) in [6.07, 6.45) is 7.86. The summed E-state index contributed by atoms with van der Waals surface area (Å²) in [7, 11) is 2.46. The molecule has 0 spiro atoms. The number of carbonyl (C=O) groups is 2. The van der Waals surface area contributed by atoms with E-state index in [4.69, 9.17) is 0 Å². The van der Waals surface area contributed by atoms with Crippen LogP contribution in [0, 0.1) is 23.7 Å². The number of rotatable bonds is 4. The first-order chi connectivity index (χ1) is 9.63. The van der Waals surface area contributed by atoms with Gasteiger partial charge in [0.2, 0.25) is 0 Å². The summed E-state index contributed by atoms with van der Waals surface area (Å²) < 4.78 is 9.28. The largest absolute Gasteiger partial charge is 0.468 e. The predicted molar refractivity (Wildman–Crippen MR) is 75.5 cm³/mol. The van der Waals surface area contributed by atoms with Gasteiger partial charge in [-0.3, -0.25) is 9.59 Å². The van der Waals surface area contributed by atoms with Crippen molar-refractivity contribution in [3.05, 3.63) is 24.3 Å². The van der Waals surface area contributed by atoms with Crippen LogP contribution in [0.15, 0.2) is 24.3 Å². The van der Waals surface area contributed by atoms with Gasteiger partial charge in [0.15, 0.2) is 5.92 Å². The highest BCUT2D eigenvalue weighted by Gasteiger charge is 2.34. The Morgan fingerprint density at radius 2 is 1.95 bits per heavy atom. The number of carbonyl (C=O) groups excluding carboxylic acids is 2. The Bertz CT molecular complexity index is 449. The van der Waals surface area contributed by atoms with Crippen LogP contribution < -0.4 is 0 Å². The van der Waals surface area contributed by atoms with E-state index in [0.29, 0.717) is 0 Å². The molecule has 0 saturated heterocycles. The Morgan fingerprint density at radius 3 is 2.40 bits per heavy atom. The molecule has 0 aromatic rings. The molecular weight excluding hydrogens is 256 g/mol. The molecule has 20 heavy (non-hydrogen) atoms. The third kappa shape index (κ3) is 4.27. The van der Waals surface area contributed by atoms with Crippen molar-refractivity contribution in [2.24, 2.45) is 11.8 Å². The highest BCUT2D eigenvalue weighted by molar-refractivity contribution is 5.95. The second-order valence-corrected chi connectivity index (χ2v) is 4.53. The first-order valence-corrected chi connectivity index (χ1v) is 6.62. The van der Waals surface area contributed by atoms with E-state index in [1.165, 1.54) is 26.7 Å². The van der Waals surface area contributed by atoms with Crippen LogP contribution in [0.4, 0.5) is 0 Å². The van der Waals surface area contributed by atoms with Crippen LogP contribution in [0.5, 0.6) is 0 Å². The SMILES string of the molecule is C=C[C@H](C#CC1=CCCCC1)C(C(=O)OC)C(=O)OC. The molecule has 0 aromatic carbocycles. The minimum atomic E-state index is -1.08. The summed E-state index contributed by atoms with van der Waals surface area (Å²) in [4.78, 5) is 23.4. The lowest BCUT2D eigenvalue weighted by atomic mass is 9.91. The number of hydrogen-bond acceptors (Lipinski definition) is 4. The molecule has 0 aromatic heterocycles. The van der Waals surface area contributed by atoms with Crippen LogP contribution in [-0.4, -0.2) is 26.2 Å². The van der Waals surface area contributed by atoms with Crippen molar-refractivity contribution in [1.29, 1.82) is 0 Å². The van der Waals surface area contributed by atoms with E-state index >= 15 is 0 Å². The third-order valence-corrected chi connectivity index (χ3v) is 3.21. The average molecular weight is 276 g/mol. The lowest BCUT2D eigenvalue weighted by molar-refractivity contribution is -0.159. The molecule has 0 unspecified atom stereocenters. The average Bonchev–Trinajstić information content (AvgIpc) is 2.51. The number of ether oxygens (including phenoxy) is 2. The molecule has 0 amide bonds. The molecule has 0 N–H and O–H groups in total. The quantitative estimate of drug-likeness (QED) is 0.342. The maximum Gasteiger partial charge on any atom is 0.321 e. The summed E-state index contributed by atoms with van der Waals surface area (Å²) >= 11 is 0. The van der Waals surface area contributed by atoms with Gasteiger partial charge >= 0.3 is 11.9 Å². The molecule has 0 saturated carbocycles. The Hall–Kier alpha value is -2.02. The number of allylic oxidation sites excluding steroid dienone is 3. The molecular formula is C16H20O4. The Balaban J connectivity index is 2.93. The van der Waals surface area contributed by atoms with Crippen molar-refractivity contribution in [3.8, 4) is 11.8 Å². The molecule has 4 heteroatoms. The van der Waals surface area contributed by atoms with Crippen molar-refractivity contribution >= 4 is 11.9 Å². The Kier molecular flexibility index (Phi) is 6.58. The second-order valence-electron chi connectivity index (χ2n) is 4.53. The minimum absolute atomic E-state index is 0.613. The highest BCUT2D eigenvalue weighted by atomic mass is 16.5. The predicted octanol–water partition coefficient (Wildman–Crippen LogP) is 2.25. The minimum Gasteiger partial charge on any atom is -0.468 e. The molecule has 4 nitrogen and oxygen atoms in total. The van der Waals surface area contributed by atoms with Gasteiger partial charge < -0.3 is 9.47 Å². The maximum atomic E-state index is 11.7. The number of methoxy groups -OCH3 is 2. The van der Waals surface area contributed by atoms with Gasteiger partial charge in [-0.25, -0.2) is 0 Å². The summed E-state index contributed by atoms with van der Waals surface area (Å²) in [6.45, 7) is 3.64. The van der Waals surface area contributed by atoms with Gasteiger partial charge in [0.1, 0.15) is 0 Å². The van der Waals surface area contributed by atoms with E-state index in [0.717, 1.165) is 24.8 Å². The molecule has 0 fully saturated rings. The second kappa shape index (κ2) is 8.21. The van der Waals surface area contributed by atoms with Crippen LogP contribution in [0.2, 0.25) is 0 Å².